The van der Waals surface area contributed by atoms with Gasteiger partial charge in [0.1, 0.15) is 0 Å². The van der Waals surface area contributed by atoms with E-state index in [0.717, 1.165) is 82.4 Å². The van der Waals surface area contributed by atoms with E-state index in [1.807, 2.05) is 0 Å². The number of nitrogens with zero attached hydrogens (tertiary/aromatic N) is 2. The molecular formula is C26H32F3N3O3S. The van der Waals surface area contributed by atoms with Crippen LogP contribution in [0.5, 0.6) is 0 Å². The predicted molar refractivity (Wildman–Crippen MR) is 128 cm³/mol. The van der Waals surface area contributed by atoms with Crippen molar-refractivity contribution in [2.45, 2.75) is 67.4 Å². The molecule has 6 nitrogen and oxygen atoms in total. The van der Waals surface area contributed by atoms with Gasteiger partial charge in [-0.1, -0.05) is 18.7 Å². The van der Waals surface area contributed by atoms with Gasteiger partial charge in [-0.25, -0.2) is 8.42 Å². The van der Waals surface area contributed by atoms with Crippen LogP contribution in [0.1, 0.15) is 50.5 Å². The largest absolute Gasteiger partial charge is 0.501 e. The molecule has 1 aromatic rings. The van der Waals surface area contributed by atoms with Crippen LogP contribution in [0.25, 0.3) is 0 Å². The highest BCUT2D eigenvalue weighted by Gasteiger charge is 2.50. The zero-order valence-electron chi connectivity index (χ0n) is 20.2. The summed E-state index contributed by atoms with van der Waals surface area (Å²) in [7, 11) is -5.31. The summed E-state index contributed by atoms with van der Waals surface area (Å²) in [4.78, 5) is 15.5. The quantitative estimate of drug-likeness (QED) is 0.571. The lowest BCUT2D eigenvalue weighted by molar-refractivity contribution is -0.120. The number of carbonyl (C=O) groups excluding carboxylic acids is 1. The number of nitrogens with one attached hydrogen (secondary N) is 1. The van der Waals surface area contributed by atoms with E-state index in [4.69, 9.17) is 0 Å². The third kappa shape index (κ3) is 4.71. The summed E-state index contributed by atoms with van der Waals surface area (Å²) >= 11 is 0. The highest BCUT2D eigenvalue weighted by molar-refractivity contribution is 7.92. The van der Waals surface area contributed by atoms with Crippen LogP contribution in [0, 0.1) is 11.3 Å². The topological polar surface area (TPSA) is 69.7 Å². The number of carbonyl (C=O) groups is 1. The predicted octanol–water partition coefficient (Wildman–Crippen LogP) is 4.00. The van der Waals surface area contributed by atoms with Gasteiger partial charge in [0.2, 0.25) is 5.91 Å². The smallest absolute Gasteiger partial charge is 0.367 e. The first kappa shape index (κ1) is 25.4. The minimum absolute atomic E-state index is 0.0456. The first-order valence-corrected chi connectivity index (χ1v) is 14.0. The number of piperidine rings is 1. The molecule has 1 aliphatic carbocycles. The average molecular weight is 524 g/mol. The minimum Gasteiger partial charge on any atom is -0.367 e. The summed E-state index contributed by atoms with van der Waals surface area (Å²) in [6.45, 7) is 8.30. The Labute approximate surface area is 210 Å². The molecule has 196 valence electrons. The van der Waals surface area contributed by atoms with Crippen LogP contribution in [0.2, 0.25) is 0 Å². The molecule has 2 spiro atoms. The Morgan fingerprint density at radius 1 is 1.11 bits per heavy atom. The molecule has 1 saturated carbocycles. The first-order chi connectivity index (χ1) is 16.9. The number of rotatable bonds is 6. The maximum Gasteiger partial charge on any atom is 0.501 e. The molecule has 5 rings (SSSR count). The zero-order valence-corrected chi connectivity index (χ0v) is 21.1. The van der Waals surface area contributed by atoms with Crippen LogP contribution in [-0.2, 0) is 21.2 Å². The van der Waals surface area contributed by atoms with E-state index < -0.39 is 20.2 Å². The van der Waals surface area contributed by atoms with E-state index >= 15 is 0 Å². The van der Waals surface area contributed by atoms with Crippen LogP contribution in [0.3, 0.4) is 0 Å². The highest BCUT2D eigenvalue weighted by Crippen LogP contribution is 2.48. The SMILES string of the molecule is C=C=C(CC1CC2(CCC(=O)N2)C1)N1CC2(CCN(Cc3ccc(S(=O)(=O)C(F)(F)F)cc3)CC2)C1. The molecule has 3 aliphatic heterocycles. The highest BCUT2D eigenvalue weighted by atomic mass is 32.2. The van der Waals surface area contributed by atoms with Gasteiger partial charge in [0.15, 0.2) is 0 Å². The van der Waals surface area contributed by atoms with Crippen molar-refractivity contribution in [2.24, 2.45) is 11.3 Å². The second kappa shape index (κ2) is 8.92. The summed E-state index contributed by atoms with van der Waals surface area (Å²) in [5.74, 6) is 0.749. The van der Waals surface area contributed by atoms with Crippen LogP contribution in [0.15, 0.2) is 47.2 Å². The normalized spacial score (nSPS) is 27.9. The Hall–Kier alpha value is -2.29. The van der Waals surface area contributed by atoms with Gasteiger partial charge in [-0.05, 0) is 75.2 Å². The molecule has 10 heteroatoms. The monoisotopic (exact) mass is 523 g/mol. The lowest BCUT2D eigenvalue weighted by Crippen LogP contribution is -2.60. The summed E-state index contributed by atoms with van der Waals surface area (Å²) < 4.78 is 61.3. The number of halogens is 3. The van der Waals surface area contributed by atoms with E-state index in [2.05, 4.69) is 27.4 Å². The fourth-order valence-electron chi connectivity index (χ4n) is 6.48. The number of amides is 1. The van der Waals surface area contributed by atoms with Crippen LogP contribution >= 0.6 is 0 Å². The van der Waals surface area contributed by atoms with E-state index in [1.165, 1.54) is 17.8 Å². The lowest BCUT2D eigenvalue weighted by Gasteiger charge is -2.56. The minimum atomic E-state index is -5.31. The summed E-state index contributed by atoms with van der Waals surface area (Å²) in [6.07, 6.45) is 6.74. The van der Waals surface area contributed by atoms with Gasteiger partial charge in [-0.2, -0.15) is 13.2 Å². The second-order valence-corrected chi connectivity index (χ2v) is 13.1. The molecule has 0 radical (unpaired) electrons. The van der Waals surface area contributed by atoms with Crippen LogP contribution in [-0.4, -0.2) is 61.4 Å². The molecule has 3 heterocycles. The lowest BCUT2D eigenvalue weighted by atomic mass is 9.65. The van der Waals surface area contributed by atoms with E-state index in [-0.39, 0.29) is 16.9 Å². The number of allylic oxidation sites excluding steroid dienone is 1. The number of sulfone groups is 1. The molecule has 1 N–H and O–H groups in total. The number of likely N-dealkylation sites (tertiary alicyclic amines) is 2. The van der Waals surface area contributed by atoms with Crippen LogP contribution < -0.4 is 5.32 Å². The van der Waals surface area contributed by atoms with Gasteiger partial charge in [-0.3, -0.25) is 9.69 Å². The Balaban J connectivity index is 1.07. The van der Waals surface area contributed by atoms with Crippen LogP contribution in [0.4, 0.5) is 13.2 Å². The Bertz CT molecular complexity index is 1170. The van der Waals surface area contributed by atoms with E-state index in [1.54, 1.807) is 0 Å². The number of hydrogen-bond donors (Lipinski definition) is 1. The molecule has 1 aromatic carbocycles. The summed E-state index contributed by atoms with van der Waals surface area (Å²) in [5, 5.41) is 3.15. The fraction of sp³-hybridized carbons (Fsp3) is 0.615. The summed E-state index contributed by atoms with van der Waals surface area (Å²) in [6, 6.07) is 5.02. The molecule has 4 fully saturated rings. The number of hydrogen-bond acceptors (Lipinski definition) is 5. The van der Waals surface area contributed by atoms with Gasteiger partial charge in [0, 0.05) is 37.0 Å². The average Bonchev–Trinajstić information content (AvgIpc) is 3.18. The number of benzene rings is 1. The van der Waals surface area contributed by atoms with Crippen molar-refractivity contribution in [3.63, 3.8) is 0 Å². The number of alkyl halides is 3. The van der Waals surface area contributed by atoms with Crippen molar-refractivity contribution in [1.82, 2.24) is 15.1 Å². The third-order valence-corrected chi connectivity index (χ3v) is 10.1. The molecule has 36 heavy (non-hydrogen) atoms. The molecule has 0 unspecified atom stereocenters. The maximum atomic E-state index is 12.7. The molecule has 3 saturated heterocycles. The molecule has 0 aromatic heterocycles. The standard InChI is InChI=1S/C26H32F3N3O3S/c1-2-21(13-20-14-25(15-20)8-7-23(33)30-25)32-17-24(18-32)9-11-31(12-10-24)16-19-3-5-22(6-4-19)36(34,35)26(27,28)29/h3-6,20H,1,7-18H2,(H,30,33). The Kier molecular flexibility index (Phi) is 6.29. The Morgan fingerprint density at radius 2 is 1.75 bits per heavy atom. The van der Waals surface area contributed by atoms with Gasteiger partial charge in [0.05, 0.1) is 10.6 Å². The van der Waals surface area contributed by atoms with Gasteiger partial charge in [0.25, 0.3) is 9.84 Å². The first-order valence-electron chi connectivity index (χ1n) is 12.5. The van der Waals surface area contributed by atoms with Crippen molar-refractivity contribution in [3.8, 4) is 0 Å². The summed E-state index contributed by atoms with van der Waals surface area (Å²) in [5.41, 5.74) is 0.180. The van der Waals surface area contributed by atoms with Crippen molar-refractivity contribution in [1.29, 1.82) is 0 Å². The molecule has 4 aliphatic rings. The van der Waals surface area contributed by atoms with E-state index in [0.29, 0.717) is 18.9 Å². The van der Waals surface area contributed by atoms with Crippen molar-refractivity contribution in [3.05, 3.63) is 47.8 Å². The third-order valence-electron chi connectivity index (χ3n) is 8.58. The van der Waals surface area contributed by atoms with Gasteiger partial charge < -0.3 is 10.2 Å². The van der Waals surface area contributed by atoms with Crippen molar-refractivity contribution < 1.29 is 26.4 Å². The molecule has 0 atom stereocenters. The fourth-order valence-corrected chi connectivity index (χ4v) is 7.24. The van der Waals surface area contributed by atoms with Crippen molar-refractivity contribution >= 4 is 15.7 Å². The zero-order chi connectivity index (χ0) is 25.8. The van der Waals surface area contributed by atoms with E-state index in [9.17, 15) is 26.4 Å². The maximum absolute atomic E-state index is 12.7. The molecule has 0 bridgehead atoms. The molecule has 1 amide bonds. The molecular weight excluding hydrogens is 491 g/mol. The van der Waals surface area contributed by atoms with Gasteiger partial charge in [-0.15, -0.1) is 5.73 Å². The second-order valence-electron chi connectivity index (χ2n) is 11.2. The van der Waals surface area contributed by atoms with Crippen molar-refractivity contribution in [2.75, 3.05) is 26.2 Å². The Morgan fingerprint density at radius 3 is 2.28 bits per heavy atom. The van der Waals surface area contributed by atoms with Gasteiger partial charge >= 0.3 is 5.51 Å².